The van der Waals surface area contributed by atoms with Crippen LogP contribution in [0.4, 0.5) is 0 Å². The Hall–Kier alpha value is -0.790. The average Bonchev–Trinajstić information content (AvgIpc) is 2.36. The highest BCUT2D eigenvalue weighted by molar-refractivity contribution is 5.94. The van der Waals surface area contributed by atoms with Gasteiger partial charge in [0.1, 0.15) is 5.84 Å². The molecule has 0 aliphatic carbocycles. The fourth-order valence-corrected chi connectivity index (χ4v) is 1.21. The topological polar surface area (TPSA) is 27.1 Å². The average molecular weight is 138 g/mol. The van der Waals surface area contributed by atoms with Gasteiger partial charge in [0.25, 0.3) is 0 Å². The van der Waals surface area contributed by atoms with Gasteiger partial charge in [0.05, 0.1) is 0 Å². The molecule has 2 heteroatoms. The van der Waals surface area contributed by atoms with Gasteiger partial charge in [0.15, 0.2) is 0 Å². The van der Waals surface area contributed by atoms with Crippen molar-refractivity contribution in [3.63, 3.8) is 0 Å². The lowest BCUT2D eigenvalue weighted by Crippen LogP contribution is -2.27. The monoisotopic (exact) mass is 138 g/mol. The van der Waals surface area contributed by atoms with Crippen LogP contribution in [0, 0.1) is 5.41 Å². The minimum absolute atomic E-state index is 0.623. The summed E-state index contributed by atoms with van der Waals surface area (Å²) < 4.78 is 0. The molecule has 0 aromatic rings. The van der Waals surface area contributed by atoms with Crippen molar-refractivity contribution in [2.45, 2.75) is 19.8 Å². The zero-order valence-corrected chi connectivity index (χ0v) is 6.48. The van der Waals surface area contributed by atoms with E-state index in [1.165, 1.54) is 12.8 Å². The Labute approximate surface area is 62.0 Å². The van der Waals surface area contributed by atoms with Crippen LogP contribution in [-0.2, 0) is 0 Å². The molecular formula is C8H14N2. The highest BCUT2D eigenvalue weighted by atomic mass is 15.2. The molecule has 56 valence electrons. The van der Waals surface area contributed by atoms with Gasteiger partial charge in [-0.3, -0.25) is 5.41 Å². The lowest BCUT2D eigenvalue weighted by molar-refractivity contribution is 0.516. The van der Waals surface area contributed by atoms with Crippen LogP contribution in [0.3, 0.4) is 0 Å². The van der Waals surface area contributed by atoms with E-state index in [2.05, 4.69) is 11.5 Å². The molecular weight excluding hydrogens is 124 g/mol. The molecule has 0 saturated carbocycles. The van der Waals surface area contributed by atoms with Gasteiger partial charge in [-0.05, 0) is 25.3 Å². The molecule has 0 bridgehead atoms. The third-order valence-electron chi connectivity index (χ3n) is 1.83. The minimum Gasteiger partial charge on any atom is -0.357 e. The number of nitrogens with zero attached hydrogens (tertiary/aromatic N) is 1. The Bertz CT molecular complexity index is 155. The second-order valence-corrected chi connectivity index (χ2v) is 2.82. The first-order valence-corrected chi connectivity index (χ1v) is 3.71. The van der Waals surface area contributed by atoms with Gasteiger partial charge in [-0.2, -0.15) is 0 Å². The maximum absolute atomic E-state index is 7.57. The third kappa shape index (κ3) is 1.38. The molecule has 0 radical (unpaired) electrons. The van der Waals surface area contributed by atoms with E-state index in [-0.39, 0.29) is 0 Å². The Balaban J connectivity index is 2.48. The number of likely N-dealkylation sites (tertiary alicyclic amines) is 1. The smallest absolute Gasteiger partial charge is 0.122 e. The summed E-state index contributed by atoms with van der Waals surface area (Å²) in [7, 11) is 0. The number of hydrogen-bond acceptors (Lipinski definition) is 1. The number of rotatable bonds is 1. The molecule has 0 aromatic carbocycles. The van der Waals surface area contributed by atoms with Crippen LogP contribution in [0.1, 0.15) is 19.8 Å². The Kier molecular flexibility index (Phi) is 2.10. The maximum atomic E-state index is 7.57. The molecule has 0 unspecified atom stereocenters. The van der Waals surface area contributed by atoms with Crippen LogP contribution in [0.25, 0.3) is 0 Å². The summed E-state index contributed by atoms with van der Waals surface area (Å²) in [5.74, 6) is 0.623. The van der Waals surface area contributed by atoms with Gasteiger partial charge in [-0.1, -0.05) is 6.58 Å². The standard InChI is InChI=1S/C8H14N2/c1-7(2)8(9)10-5-3-4-6-10/h9H,1,3-6H2,2H3. The molecule has 0 amide bonds. The Morgan fingerprint density at radius 3 is 2.30 bits per heavy atom. The molecule has 1 N–H and O–H groups in total. The highest BCUT2D eigenvalue weighted by Gasteiger charge is 2.14. The first-order valence-electron chi connectivity index (χ1n) is 3.71. The van der Waals surface area contributed by atoms with Gasteiger partial charge in [-0.15, -0.1) is 0 Å². The van der Waals surface area contributed by atoms with Gasteiger partial charge < -0.3 is 4.90 Å². The van der Waals surface area contributed by atoms with Crippen molar-refractivity contribution >= 4 is 5.84 Å². The Morgan fingerprint density at radius 1 is 1.40 bits per heavy atom. The molecule has 1 saturated heterocycles. The molecule has 1 rings (SSSR count). The van der Waals surface area contributed by atoms with E-state index in [4.69, 9.17) is 5.41 Å². The second kappa shape index (κ2) is 2.86. The maximum Gasteiger partial charge on any atom is 0.122 e. The van der Waals surface area contributed by atoms with Gasteiger partial charge in [-0.25, -0.2) is 0 Å². The van der Waals surface area contributed by atoms with Crippen molar-refractivity contribution in [1.29, 1.82) is 5.41 Å². The van der Waals surface area contributed by atoms with Crippen molar-refractivity contribution in [3.05, 3.63) is 12.2 Å². The zero-order chi connectivity index (χ0) is 7.56. The summed E-state index contributed by atoms with van der Waals surface area (Å²) in [6.45, 7) is 7.72. The summed E-state index contributed by atoms with van der Waals surface area (Å²) >= 11 is 0. The molecule has 1 aliphatic rings. The lowest BCUT2D eigenvalue weighted by atomic mass is 10.3. The molecule has 1 aliphatic heterocycles. The number of hydrogen-bond donors (Lipinski definition) is 1. The minimum atomic E-state index is 0.623. The molecule has 0 aromatic heterocycles. The van der Waals surface area contributed by atoms with Crippen LogP contribution in [-0.4, -0.2) is 23.8 Å². The summed E-state index contributed by atoms with van der Waals surface area (Å²) in [4.78, 5) is 2.09. The van der Waals surface area contributed by atoms with E-state index in [1.807, 2.05) is 6.92 Å². The SMILES string of the molecule is C=C(C)C(=N)N1CCCC1. The third-order valence-corrected chi connectivity index (χ3v) is 1.83. The highest BCUT2D eigenvalue weighted by Crippen LogP contribution is 2.10. The normalized spacial score (nSPS) is 17.5. The largest absolute Gasteiger partial charge is 0.357 e. The van der Waals surface area contributed by atoms with E-state index in [9.17, 15) is 0 Å². The van der Waals surface area contributed by atoms with Crippen molar-refractivity contribution in [2.24, 2.45) is 0 Å². The lowest BCUT2D eigenvalue weighted by Gasteiger charge is -2.17. The zero-order valence-electron chi connectivity index (χ0n) is 6.48. The van der Waals surface area contributed by atoms with Gasteiger partial charge in [0.2, 0.25) is 0 Å². The van der Waals surface area contributed by atoms with Crippen LogP contribution in [0.15, 0.2) is 12.2 Å². The van der Waals surface area contributed by atoms with Crippen LogP contribution < -0.4 is 0 Å². The van der Waals surface area contributed by atoms with E-state index >= 15 is 0 Å². The van der Waals surface area contributed by atoms with Gasteiger partial charge >= 0.3 is 0 Å². The van der Waals surface area contributed by atoms with E-state index in [0.717, 1.165) is 18.7 Å². The van der Waals surface area contributed by atoms with Crippen molar-refractivity contribution in [1.82, 2.24) is 4.90 Å². The molecule has 1 heterocycles. The summed E-state index contributed by atoms with van der Waals surface area (Å²) in [5.41, 5.74) is 0.877. The summed E-state index contributed by atoms with van der Waals surface area (Å²) in [5, 5.41) is 7.57. The van der Waals surface area contributed by atoms with Crippen LogP contribution in [0.2, 0.25) is 0 Å². The fraction of sp³-hybridized carbons (Fsp3) is 0.625. The number of amidine groups is 1. The molecule has 0 spiro atoms. The first kappa shape index (κ1) is 7.32. The number of nitrogens with one attached hydrogen (secondary N) is 1. The van der Waals surface area contributed by atoms with Crippen LogP contribution >= 0.6 is 0 Å². The van der Waals surface area contributed by atoms with Crippen LogP contribution in [0.5, 0.6) is 0 Å². The van der Waals surface area contributed by atoms with E-state index < -0.39 is 0 Å². The molecule has 1 fully saturated rings. The summed E-state index contributed by atoms with van der Waals surface area (Å²) in [6, 6.07) is 0. The molecule has 0 atom stereocenters. The van der Waals surface area contributed by atoms with E-state index in [0.29, 0.717) is 5.84 Å². The molecule has 2 nitrogen and oxygen atoms in total. The second-order valence-electron chi connectivity index (χ2n) is 2.82. The van der Waals surface area contributed by atoms with Crippen molar-refractivity contribution < 1.29 is 0 Å². The van der Waals surface area contributed by atoms with Crippen molar-refractivity contribution in [3.8, 4) is 0 Å². The predicted molar refractivity (Wildman–Crippen MR) is 43.3 cm³/mol. The fourth-order valence-electron chi connectivity index (χ4n) is 1.21. The first-order chi connectivity index (χ1) is 4.72. The van der Waals surface area contributed by atoms with E-state index in [1.54, 1.807) is 0 Å². The van der Waals surface area contributed by atoms with Crippen molar-refractivity contribution in [2.75, 3.05) is 13.1 Å². The molecule has 10 heavy (non-hydrogen) atoms. The quantitative estimate of drug-likeness (QED) is 0.433. The Morgan fingerprint density at radius 2 is 1.90 bits per heavy atom. The predicted octanol–water partition coefficient (Wildman–Crippen LogP) is 1.64. The van der Waals surface area contributed by atoms with Gasteiger partial charge in [0, 0.05) is 13.1 Å². The summed E-state index contributed by atoms with van der Waals surface area (Å²) in [6.07, 6.45) is 2.46.